The molecule has 0 radical (unpaired) electrons. The van der Waals surface area contributed by atoms with Crippen LogP contribution in [0.25, 0.3) is 0 Å². The second-order valence-corrected chi connectivity index (χ2v) is 6.41. The maximum absolute atomic E-state index is 12.4. The lowest BCUT2D eigenvalue weighted by molar-refractivity contribution is 0.102. The van der Waals surface area contributed by atoms with Gasteiger partial charge in [-0.05, 0) is 70.7 Å². The topological polar surface area (TPSA) is 29.1 Å². The lowest BCUT2D eigenvalue weighted by Crippen LogP contribution is -2.14. The van der Waals surface area contributed by atoms with Crippen LogP contribution >= 0.6 is 22.6 Å². The van der Waals surface area contributed by atoms with E-state index in [-0.39, 0.29) is 5.91 Å². The molecule has 2 aromatic rings. The summed E-state index contributed by atoms with van der Waals surface area (Å²) in [4.78, 5) is 12.4. The fraction of sp³-hybridized carbons (Fsp3) is 0.235. The van der Waals surface area contributed by atoms with Crippen molar-refractivity contribution >= 4 is 34.2 Å². The fourth-order valence-corrected chi connectivity index (χ4v) is 3.45. The number of hydrogen-bond donors (Lipinski definition) is 1. The third-order valence-electron chi connectivity index (χ3n) is 3.94. The predicted octanol–water partition coefficient (Wildman–Crippen LogP) is 4.59. The lowest BCUT2D eigenvalue weighted by atomic mass is 10.0. The van der Waals surface area contributed by atoms with Crippen LogP contribution in [0, 0.1) is 3.57 Å². The number of benzene rings is 2. The van der Waals surface area contributed by atoms with Crippen LogP contribution in [-0.4, -0.2) is 5.91 Å². The number of carbonyl (C=O) groups is 1. The molecule has 1 aliphatic rings. The van der Waals surface area contributed by atoms with Gasteiger partial charge < -0.3 is 5.32 Å². The van der Waals surface area contributed by atoms with E-state index in [0.717, 1.165) is 21.2 Å². The fourth-order valence-electron chi connectivity index (χ4n) is 2.81. The van der Waals surface area contributed by atoms with E-state index >= 15 is 0 Å². The number of anilines is 1. The molecule has 1 aliphatic carbocycles. The standard InChI is InChI=1S/C17H16INO/c1-11-9-10-13-12(11)6-4-8-16(13)19-17(20)14-5-2-3-7-15(14)18/h2-8,11H,9-10H2,1H3,(H,19,20). The van der Waals surface area contributed by atoms with Crippen LogP contribution in [0.2, 0.25) is 0 Å². The molecule has 3 heteroatoms. The summed E-state index contributed by atoms with van der Waals surface area (Å²) in [6.45, 7) is 2.25. The molecule has 0 heterocycles. The number of nitrogens with one attached hydrogen (secondary N) is 1. The molecular weight excluding hydrogens is 361 g/mol. The number of carbonyl (C=O) groups excluding carboxylic acids is 1. The third kappa shape index (κ3) is 2.46. The summed E-state index contributed by atoms with van der Waals surface area (Å²) < 4.78 is 0.976. The number of fused-ring (bicyclic) bond motifs is 1. The van der Waals surface area contributed by atoms with Gasteiger partial charge in [-0.15, -0.1) is 0 Å². The Morgan fingerprint density at radius 1 is 1.20 bits per heavy atom. The van der Waals surface area contributed by atoms with Gasteiger partial charge in [0.2, 0.25) is 0 Å². The minimum absolute atomic E-state index is 0.0250. The van der Waals surface area contributed by atoms with Crippen molar-refractivity contribution in [1.82, 2.24) is 0 Å². The van der Waals surface area contributed by atoms with E-state index < -0.39 is 0 Å². The Kier molecular flexibility index (Phi) is 3.78. The Balaban J connectivity index is 1.90. The molecular formula is C17H16INO. The first-order chi connectivity index (χ1) is 9.66. The maximum Gasteiger partial charge on any atom is 0.256 e. The van der Waals surface area contributed by atoms with E-state index in [0.29, 0.717) is 5.92 Å². The molecule has 102 valence electrons. The molecule has 0 saturated carbocycles. The van der Waals surface area contributed by atoms with Gasteiger partial charge in [-0.2, -0.15) is 0 Å². The highest BCUT2D eigenvalue weighted by Crippen LogP contribution is 2.36. The Bertz CT molecular complexity index is 666. The minimum Gasteiger partial charge on any atom is -0.322 e. The lowest BCUT2D eigenvalue weighted by Gasteiger charge is -2.12. The summed E-state index contributed by atoms with van der Waals surface area (Å²) in [5.41, 5.74) is 4.39. The molecule has 3 rings (SSSR count). The highest BCUT2D eigenvalue weighted by atomic mass is 127. The highest BCUT2D eigenvalue weighted by molar-refractivity contribution is 14.1. The van der Waals surface area contributed by atoms with Gasteiger partial charge in [-0.25, -0.2) is 0 Å². The van der Waals surface area contributed by atoms with Crippen molar-refractivity contribution in [1.29, 1.82) is 0 Å². The first kappa shape index (κ1) is 13.6. The molecule has 20 heavy (non-hydrogen) atoms. The van der Waals surface area contributed by atoms with Gasteiger partial charge >= 0.3 is 0 Å². The van der Waals surface area contributed by atoms with Crippen LogP contribution < -0.4 is 5.32 Å². The molecule has 2 aromatic carbocycles. The second-order valence-electron chi connectivity index (χ2n) is 5.25. The van der Waals surface area contributed by atoms with E-state index in [1.165, 1.54) is 17.5 Å². The van der Waals surface area contributed by atoms with Crippen LogP contribution in [-0.2, 0) is 6.42 Å². The van der Waals surface area contributed by atoms with E-state index in [1.807, 2.05) is 36.4 Å². The molecule has 1 N–H and O–H groups in total. The van der Waals surface area contributed by atoms with Gasteiger partial charge in [0, 0.05) is 9.26 Å². The number of rotatable bonds is 2. The van der Waals surface area contributed by atoms with Crippen LogP contribution in [0.15, 0.2) is 42.5 Å². The molecule has 1 unspecified atom stereocenters. The summed E-state index contributed by atoms with van der Waals surface area (Å²) in [7, 11) is 0. The molecule has 0 spiro atoms. The van der Waals surface area contributed by atoms with Crippen molar-refractivity contribution in [3.05, 3.63) is 62.7 Å². The Morgan fingerprint density at radius 2 is 2.00 bits per heavy atom. The van der Waals surface area contributed by atoms with Gasteiger partial charge in [-0.1, -0.05) is 31.2 Å². The molecule has 1 atom stereocenters. The zero-order valence-electron chi connectivity index (χ0n) is 11.3. The zero-order valence-corrected chi connectivity index (χ0v) is 13.5. The number of halogens is 1. The summed E-state index contributed by atoms with van der Waals surface area (Å²) >= 11 is 2.20. The van der Waals surface area contributed by atoms with Crippen molar-refractivity contribution < 1.29 is 4.79 Å². The smallest absolute Gasteiger partial charge is 0.256 e. The summed E-state index contributed by atoms with van der Waals surface area (Å²) in [5, 5.41) is 3.08. The van der Waals surface area contributed by atoms with E-state index in [1.54, 1.807) is 0 Å². The summed E-state index contributed by atoms with van der Waals surface area (Å²) in [6.07, 6.45) is 2.23. The van der Waals surface area contributed by atoms with E-state index in [9.17, 15) is 4.79 Å². The van der Waals surface area contributed by atoms with Gasteiger partial charge in [-0.3, -0.25) is 4.79 Å². The Morgan fingerprint density at radius 3 is 2.80 bits per heavy atom. The largest absolute Gasteiger partial charge is 0.322 e. The monoisotopic (exact) mass is 377 g/mol. The first-order valence-corrected chi connectivity index (χ1v) is 7.92. The summed E-state index contributed by atoms with van der Waals surface area (Å²) in [6, 6.07) is 13.9. The van der Waals surface area contributed by atoms with Crippen molar-refractivity contribution in [2.75, 3.05) is 5.32 Å². The molecule has 0 aromatic heterocycles. The molecule has 0 aliphatic heterocycles. The maximum atomic E-state index is 12.4. The molecule has 1 amide bonds. The van der Waals surface area contributed by atoms with Crippen molar-refractivity contribution in [3.8, 4) is 0 Å². The Labute approximate surface area is 132 Å². The number of hydrogen-bond acceptors (Lipinski definition) is 1. The van der Waals surface area contributed by atoms with Crippen molar-refractivity contribution in [2.24, 2.45) is 0 Å². The molecule has 0 fully saturated rings. The molecule has 0 bridgehead atoms. The van der Waals surface area contributed by atoms with E-state index in [2.05, 4.69) is 40.9 Å². The second kappa shape index (κ2) is 5.56. The number of amides is 1. The third-order valence-corrected chi connectivity index (χ3v) is 4.88. The minimum atomic E-state index is -0.0250. The van der Waals surface area contributed by atoms with Crippen LogP contribution in [0.5, 0.6) is 0 Å². The van der Waals surface area contributed by atoms with Gasteiger partial charge in [0.25, 0.3) is 5.91 Å². The highest BCUT2D eigenvalue weighted by Gasteiger charge is 2.22. The van der Waals surface area contributed by atoms with Crippen LogP contribution in [0.3, 0.4) is 0 Å². The predicted molar refractivity (Wildman–Crippen MR) is 90.3 cm³/mol. The summed E-state index contributed by atoms with van der Waals surface area (Å²) in [5.74, 6) is 0.571. The molecule has 2 nitrogen and oxygen atoms in total. The van der Waals surface area contributed by atoms with E-state index in [4.69, 9.17) is 0 Å². The van der Waals surface area contributed by atoms with Crippen molar-refractivity contribution in [3.63, 3.8) is 0 Å². The van der Waals surface area contributed by atoms with Crippen LogP contribution in [0.4, 0.5) is 5.69 Å². The van der Waals surface area contributed by atoms with Crippen LogP contribution in [0.1, 0.15) is 40.7 Å². The quantitative estimate of drug-likeness (QED) is 0.762. The van der Waals surface area contributed by atoms with Gasteiger partial charge in [0.05, 0.1) is 5.56 Å². The van der Waals surface area contributed by atoms with Crippen molar-refractivity contribution in [2.45, 2.75) is 25.7 Å². The normalized spacial score (nSPS) is 16.8. The zero-order chi connectivity index (χ0) is 14.1. The Hall–Kier alpha value is -1.36. The average molecular weight is 377 g/mol. The SMILES string of the molecule is CC1CCc2c(NC(=O)c3ccccc3I)cccc21. The van der Waals surface area contributed by atoms with Gasteiger partial charge in [0.15, 0.2) is 0 Å². The molecule has 0 saturated heterocycles. The van der Waals surface area contributed by atoms with Gasteiger partial charge in [0.1, 0.15) is 0 Å². The average Bonchev–Trinajstić information content (AvgIpc) is 2.82. The first-order valence-electron chi connectivity index (χ1n) is 6.84.